The van der Waals surface area contributed by atoms with Gasteiger partial charge < -0.3 is 14.4 Å². The van der Waals surface area contributed by atoms with Crippen molar-refractivity contribution < 1.29 is 19.1 Å². The van der Waals surface area contributed by atoms with E-state index in [4.69, 9.17) is 4.42 Å². The number of aryl methyl sites for hydroxylation is 2. The minimum atomic E-state index is -0.847. The van der Waals surface area contributed by atoms with Crippen LogP contribution < -0.4 is 0 Å². The first-order valence-corrected chi connectivity index (χ1v) is 8.29. The Hall–Kier alpha value is -2.30. The van der Waals surface area contributed by atoms with E-state index in [1.165, 1.54) is 0 Å². The Labute approximate surface area is 141 Å². The second kappa shape index (κ2) is 5.96. The number of carboxylic acids is 1. The number of carbonyl (C=O) groups is 2. The number of hydrogen-bond acceptors (Lipinski definition) is 3. The van der Waals surface area contributed by atoms with Crippen LogP contribution in [0, 0.1) is 19.3 Å². The van der Waals surface area contributed by atoms with Gasteiger partial charge in [-0.3, -0.25) is 9.59 Å². The average molecular weight is 329 g/mol. The Kier molecular flexibility index (Phi) is 4.11. The van der Waals surface area contributed by atoms with Gasteiger partial charge in [-0.1, -0.05) is 0 Å². The van der Waals surface area contributed by atoms with Gasteiger partial charge in [-0.05, 0) is 56.9 Å². The van der Waals surface area contributed by atoms with Gasteiger partial charge >= 0.3 is 5.97 Å². The number of carbonyl (C=O) groups excluding carboxylic acids is 1. The summed E-state index contributed by atoms with van der Waals surface area (Å²) < 4.78 is 5.59. The summed E-state index contributed by atoms with van der Waals surface area (Å²) in [5.74, 6) is -0.872. The summed E-state index contributed by atoms with van der Waals surface area (Å²) in [5, 5.41) is 10.4. The predicted molar refractivity (Wildman–Crippen MR) is 90.9 cm³/mol. The minimum absolute atomic E-state index is 0.0388. The standard InChI is InChI=1S/C19H23NO4/c1-12-7-15-14(10-24-16(15)8-13(12)2)9-17(21)20-6-4-5-19(3,11-20)18(22)23/h7-8,10H,4-6,9,11H2,1-3H3,(H,22,23). The van der Waals surface area contributed by atoms with Crippen molar-refractivity contribution >= 4 is 22.8 Å². The predicted octanol–water partition coefficient (Wildman–Crippen LogP) is 3.31. The van der Waals surface area contributed by atoms with Crippen LogP contribution in [0.4, 0.5) is 0 Å². The number of fused-ring (bicyclic) bond motifs is 1. The van der Waals surface area contributed by atoms with Crippen molar-refractivity contribution in [2.75, 3.05) is 13.1 Å². The third-order valence-corrected chi connectivity index (χ3v) is 5.18. The number of carboxylic acid groups (broad SMARTS) is 1. The van der Waals surface area contributed by atoms with E-state index in [0.717, 1.165) is 34.1 Å². The van der Waals surface area contributed by atoms with Crippen molar-refractivity contribution in [3.8, 4) is 0 Å². The van der Waals surface area contributed by atoms with Gasteiger partial charge in [-0.15, -0.1) is 0 Å². The lowest BCUT2D eigenvalue weighted by Crippen LogP contribution is -2.48. The minimum Gasteiger partial charge on any atom is -0.481 e. The number of nitrogens with zero attached hydrogens (tertiary/aromatic N) is 1. The number of amides is 1. The van der Waals surface area contributed by atoms with Gasteiger partial charge in [0.05, 0.1) is 18.1 Å². The third-order valence-electron chi connectivity index (χ3n) is 5.18. The third kappa shape index (κ3) is 2.90. The molecule has 1 aromatic heterocycles. The SMILES string of the molecule is Cc1cc2occ(CC(=O)N3CCCC(C)(C(=O)O)C3)c2cc1C. The van der Waals surface area contributed by atoms with Crippen molar-refractivity contribution in [2.45, 2.75) is 40.0 Å². The Balaban J connectivity index is 1.80. The number of aliphatic carboxylic acids is 1. The Morgan fingerprint density at radius 2 is 2.00 bits per heavy atom. The Morgan fingerprint density at radius 1 is 1.29 bits per heavy atom. The number of piperidine rings is 1. The first-order valence-electron chi connectivity index (χ1n) is 8.29. The molecule has 1 aliphatic rings. The van der Waals surface area contributed by atoms with Crippen molar-refractivity contribution in [3.05, 3.63) is 35.1 Å². The van der Waals surface area contributed by atoms with Gasteiger partial charge in [0.15, 0.2) is 0 Å². The molecule has 1 amide bonds. The summed E-state index contributed by atoms with van der Waals surface area (Å²) >= 11 is 0. The molecule has 0 bridgehead atoms. The second-order valence-electron chi connectivity index (χ2n) is 7.16. The van der Waals surface area contributed by atoms with E-state index in [0.29, 0.717) is 13.0 Å². The lowest BCUT2D eigenvalue weighted by Gasteiger charge is -2.37. The van der Waals surface area contributed by atoms with Crippen LogP contribution in [-0.4, -0.2) is 35.0 Å². The fourth-order valence-corrected chi connectivity index (χ4v) is 3.37. The zero-order chi connectivity index (χ0) is 17.5. The van der Waals surface area contributed by atoms with Crippen molar-refractivity contribution in [3.63, 3.8) is 0 Å². The molecule has 0 spiro atoms. The highest BCUT2D eigenvalue weighted by Gasteiger charge is 2.39. The van der Waals surface area contributed by atoms with Crippen molar-refractivity contribution in [2.24, 2.45) is 5.41 Å². The second-order valence-corrected chi connectivity index (χ2v) is 7.16. The molecular formula is C19H23NO4. The molecule has 0 saturated carbocycles. The zero-order valence-electron chi connectivity index (χ0n) is 14.4. The first kappa shape index (κ1) is 16.6. The molecule has 5 nitrogen and oxygen atoms in total. The van der Waals surface area contributed by atoms with Gasteiger partial charge in [0, 0.05) is 24.0 Å². The largest absolute Gasteiger partial charge is 0.481 e. The van der Waals surface area contributed by atoms with Crippen LogP contribution in [0.2, 0.25) is 0 Å². The lowest BCUT2D eigenvalue weighted by atomic mass is 9.82. The van der Waals surface area contributed by atoms with Crippen LogP contribution in [0.15, 0.2) is 22.8 Å². The number of hydrogen-bond donors (Lipinski definition) is 1. The maximum atomic E-state index is 12.7. The van der Waals surface area contributed by atoms with Gasteiger partial charge in [0.1, 0.15) is 5.58 Å². The maximum absolute atomic E-state index is 12.7. The van der Waals surface area contributed by atoms with Crippen LogP contribution in [0.1, 0.15) is 36.5 Å². The maximum Gasteiger partial charge on any atom is 0.311 e. The lowest BCUT2D eigenvalue weighted by molar-refractivity contribution is -0.153. The molecule has 1 atom stereocenters. The monoisotopic (exact) mass is 329 g/mol. The van der Waals surface area contributed by atoms with Crippen molar-refractivity contribution in [1.82, 2.24) is 4.90 Å². The van der Waals surface area contributed by atoms with E-state index >= 15 is 0 Å². The molecule has 1 unspecified atom stereocenters. The van der Waals surface area contributed by atoms with Gasteiger partial charge in [-0.2, -0.15) is 0 Å². The molecule has 1 fully saturated rings. The molecule has 1 N–H and O–H groups in total. The van der Waals surface area contributed by atoms with E-state index < -0.39 is 11.4 Å². The van der Waals surface area contributed by atoms with Gasteiger partial charge in [0.25, 0.3) is 0 Å². The van der Waals surface area contributed by atoms with Crippen LogP contribution in [0.5, 0.6) is 0 Å². The summed E-state index contributed by atoms with van der Waals surface area (Å²) in [7, 11) is 0. The zero-order valence-corrected chi connectivity index (χ0v) is 14.4. The fraction of sp³-hybridized carbons (Fsp3) is 0.474. The smallest absolute Gasteiger partial charge is 0.311 e. The van der Waals surface area contributed by atoms with Crippen LogP contribution in [0.3, 0.4) is 0 Å². The molecule has 5 heteroatoms. The van der Waals surface area contributed by atoms with Crippen LogP contribution in [0.25, 0.3) is 11.0 Å². The summed E-state index contributed by atoms with van der Waals surface area (Å²) in [6.45, 7) is 6.68. The van der Waals surface area contributed by atoms with Crippen LogP contribution >= 0.6 is 0 Å². The molecule has 2 heterocycles. The van der Waals surface area contributed by atoms with Crippen LogP contribution in [-0.2, 0) is 16.0 Å². The molecule has 2 aromatic rings. The summed E-state index contributed by atoms with van der Waals surface area (Å²) in [5.41, 5.74) is 3.12. The molecule has 0 aliphatic carbocycles. The quantitative estimate of drug-likeness (QED) is 0.938. The average Bonchev–Trinajstić information content (AvgIpc) is 2.90. The first-order chi connectivity index (χ1) is 11.3. The van der Waals surface area contributed by atoms with E-state index in [1.807, 2.05) is 26.0 Å². The number of likely N-dealkylation sites (tertiary alicyclic amines) is 1. The highest BCUT2D eigenvalue weighted by atomic mass is 16.4. The van der Waals surface area contributed by atoms with E-state index in [9.17, 15) is 14.7 Å². The normalized spacial score (nSPS) is 21.2. The van der Waals surface area contributed by atoms with Gasteiger partial charge in [0.2, 0.25) is 5.91 Å². The molecule has 1 aliphatic heterocycles. The van der Waals surface area contributed by atoms with Crippen molar-refractivity contribution in [1.29, 1.82) is 0 Å². The summed E-state index contributed by atoms with van der Waals surface area (Å²) in [6.07, 6.45) is 3.21. The Morgan fingerprint density at radius 3 is 2.71 bits per heavy atom. The summed E-state index contributed by atoms with van der Waals surface area (Å²) in [4.78, 5) is 25.8. The highest BCUT2D eigenvalue weighted by Crippen LogP contribution is 2.31. The van der Waals surface area contributed by atoms with E-state index in [-0.39, 0.29) is 18.9 Å². The molecule has 1 aromatic carbocycles. The molecule has 0 radical (unpaired) electrons. The molecule has 24 heavy (non-hydrogen) atoms. The summed E-state index contributed by atoms with van der Waals surface area (Å²) in [6, 6.07) is 4.04. The molecule has 1 saturated heterocycles. The number of rotatable bonds is 3. The van der Waals surface area contributed by atoms with Gasteiger partial charge in [-0.25, -0.2) is 0 Å². The van der Waals surface area contributed by atoms with E-state index in [2.05, 4.69) is 0 Å². The fourth-order valence-electron chi connectivity index (χ4n) is 3.37. The molecular weight excluding hydrogens is 306 g/mol. The topological polar surface area (TPSA) is 70.8 Å². The number of furan rings is 1. The molecule has 128 valence electrons. The number of benzene rings is 1. The highest BCUT2D eigenvalue weighted by molar-refractivity contribution is 5.89. The Bertz CT molecular complexity index is 807. The van der Waals surface area contributed by atoms with E-state index in [1.54, 1.807) is 18.1 Å². The molecule has 3 rings (SSSR count).